The fourth-order valence-electron chi connectivity index (χ4n) is 3.22. The van der Waals surface area contributed by atoms with E-state index >= 15 is 0 Å². The molecule has 4 nitrogen and oxygen atoms in total. The zero-order chi connectivity index (χ0) is 20.8. The van der Waals surface area contributed by atoms with Crippen LogP contribution < -0.4 is 4.74 Å². The quantitative estimate of drug-likeness (QED) is 0.406. The molecule has 3 heterocycles. The van der Waals surface area contributed by atoms with E-state index in [0.717, 1.165) is 16.4 Å². The Morgan fingerprint density at radius 2 is 1.90 bits per heavy atom. The molecule has 1 aliphatic rings. The normalized spacial score (nSPS) is 14.6. The molecule has 4 rings (SSSR count). The highest BCUT2D eigenvalue weighted by Crippen LogP contribution is 2.43. The maximum atomic E-state index is 12.9. The molecule has 0 N–H and O–H groups in total. The second-order valence-corrected chi connectivity index (χ2v) is 11.2. The van der Waals surface area contributed by atoms with E-state index in [1.165, 1.54) is 28.4 Å². The summed E-state index contributed by atoms with van der Waals surface area (Å²) in [6.45, 7) is 3.07. The second kappa shape index (κ2) is 10.5. The summed E-state index contributed by atoms with van der Waals surface area (Å²) in [5, 5.41) is 0. The van der Waals surface area contributed by atoms with Crippen LogP contribution in [0.15, 0.2) is 59.2 Å². The molecule has 3 aromatic rings. The molecule has 1 aliphatic heterocycles. The van der Waals surface area contributed by atoms with Crippen molar-refractivity contribution in [1.29, 1.82) is 0 Å². The lowest BCUT2D eigenvalue weighted by Crippen LogP contribution is -2.33. The van der Waals surface area contributed by atoms with Gasteiger partial charge in [0.05, 0.1) is 23.9 Å². The summed E-state index contributed by atoms with van der Waals surface area (Å²) < 4.78 is 11.8. The van der Waals surface area contributed by atoms with E-state index < -0.39 is 0 Å². The smallest absolute Gasteiger partial charge is 0.261 e. The van der Waals surface area contributed by atoms with Gasteiger partial charge in [-0.25, -0.2) is 0 Å². The third kappa shape index (κ3) is 5.86. The van der Waals surface area contributed by atoms with Gasteiger partial charge in [0.1, 0.15) is 11.5 Å². The predicted octanol–water partition coefficient (Wildman–Crippen LogP) is 6.13. The largest absolute Gasteiger partial charge is 0.484 e. The molecule has 7 heteroatoms. The number of hydrogen-bond donors (Lipinski definition) is 0. The Labute approximate surface area is 190 Å². The number of thiophene rings is 1. The number of carbonyl (C=O) groups excluding carboxylic acids is 1. The van der Waals surface area contributed by atoms with Gasteiger partial charge in [0.2, 0.25) is 0 Å². The minimum absolute atomic E-state index is 0.0113. The zero-order valence-electron chi connectivity index (χ0n) is 16.9. The first kappa shape index (κ1) is 21.4. The van der Waals surface area contributed by atoms with Gasteiger partial charge in [-0.3, -0.25) is 4.79 Å². The maximum Gasteiger partial charge on any atom is 0.261 e. The molecule has 158 valence electrons. The van der Waals surface area contributed by atoms with Crippen LogP contribution in [0.2, 0.25) is 0 Å². The SMILES string of the molecule is Cc1ccc(CN(Cc2ccco2)C(=O)COc2ccc(C3SCCCS3)cc2)s1. The zero-order valence-corrected chi connectivity index (χ0v) is 19.4. The summed E-state index contributed by atoms with van der Waals surface area (Å²) in [5.41, 5.74) is 1.32. The van der Waals surface area contributed by atoms with Crippen molar-refractivity contribution in [2.45, 2.75) is 31.0 Å². The van der Waals surface area contributed by atoms with E-state index in [4.69, 9.17) is 9.15 Å². The van der Waals surface area contributed by atoms with Gasteiger partial charge in [0, 0.05) is 9.75 Å². The summed E-state index contributed by atoms with van der Waals surface area (Å²) in [6.07, 6.45) is 2.92. The second-order valence-electron chi connectivity index (χ2n) is 7.13. The lowest BCUT2D eigenvalue weighted by Gasteiger charge is -2.22. The minimum atomic E-state index is -0.0556. The Bertz CT molecular complexity index is 931. The van der Waals surface area contributed by atoms with Gasteiger partial charge < -0.3 is 14.1 Å². The van der Waals surface area contributed by atoms with Crippen molar-refractivity contribution < 1.29 is 13.9 Å². The summed E-state index contributed by atoms with van der Waals surface area (Å²) in [5.74, 6) is 3.88. The molecule has 0 unspecified atom stereocenters. The number of nitrogens with zero attached hydrogens (tertiary/aromatic N) is 1. The van der Waals surface area contributed by atoms with Crippen LogP contribution in [0.3, 0.4) is 0 Å². The van der Waals surface area contributed by atoms with Crippen molar-refractivity contribution >= 4 is 40.8 Å². The summed E-state index contributed by atoms with van der Waals surface area (Å²) in [6, 6.07) is 16.1. The molecular weight excluding hydrogens is 434 g/mol. The Hall–Kier alpha value is -1.83. The number of ether oxygens (including phenoxy) is 1. The summed E-state index contributed by atoms with van der Waals surface area (Å²) >= 11 is 5.71. The first-order chi connectivity index (χ1) is 14.7. The van der Waals surface area contributed by atoms with Crippen molar-refractivity contribution in [1.82, 2.24) is 4.90 Å². The van der Waals surface area contributed by atoms with Gasteiger partial charge in [0.15, 0.2) is 6.61 Å². The number of aryl methyl sites for hydroxylation is 1. The monoisotopic (exact) mass is 459 g/mol. The van der Waals surface area contributed by atoms with Crippen LogP contribution in [0.5, 0.6) is 5.75 Å². The van der Waals surface area contributed by atoms with Gasteiger partial charge in [-0.05, 0) is 66.8 Å². The van der Waals surface area contributed by atoms with E-state index in [1.807, 2.05) is 47.8 Å². The van der Waals surface area contributed by atoms with Crippen molar-refractivity contribution in [2.75, 3.05) is 18.1 Å². The van der Waals surface area contributed by atoms with Crippen LogP contribution in [0.25, 0.3) is 0 Å². The highest BCUT2D eigenvalue weighted by Gasteiger charge is 2.19. The van der Waals surface area contributed by atoms with Crippen LogP contribution in [-0.4, -0.2) is 28.9 Å². The van der Waals surface area contributed by atoms with E-state index in [0.29, 0.717) is 17.7 Å². The molecule has 1 aromatic carbocycles. The van der Waals surface area contributed by atoms with E-state index in [-0.39, 0.29) is 12.5 Å². The topological polar surface area (TPSA) is 42.7 Å². The Kier molecular flexibility index (Phi) is 7.47. The van der Waals surface area contributed by atoms with Crippen molar-refractivity contribution in [2.24, 2.45) is 0 Å². The van der Waals surface area contributed by atoms with E-state index in [9.17, 15) is 4.79 Å². The number of carbonyl (C=O) groups is 1. The maximum absolute atomic E-state index is 12.9. The van der Waals surface area contributed by atoms with Crippen molar-refractivity contribution in [3.05, 3.63) is 75.9 Å². The molecular formula is C23H25NO3S3. The van der Waals surface area contributed by atoms with Crippen LogP contribution in [-0.2, 0) is 17.9 Å². The molecule has 0 spiro atoms. The molecule has 0 aliphatic carbocycles. The molecule has 0 radical (unpaired) electrons. The van der Waals surface area contributed by atoms with Crippen molar-refractivity contribution in [3.8, 4) is 5.75 Å². The highest BCUT2D eigenvalue weighted by atomic mass is 32.2. The van der Waals surface area contributed by atoms with E-state index in [1.54, 1.807) is 22.5 Å². The summed E-state index contributed by atoms with van der Waals surface area (Å²) in [4.78, 5) is 17.1. The summed E-state index contributed by atoms with van der Waals surface area (Å²) in [7, 11) is 0. The molecule has 1 fully saturated rings. The van der Waals surface area contributed by atoms with Crippen LogP contribution in [0.1, 0.15) is 32.1 Å². The van der Waals surface area contributed by atoms with Gasteiger partial charge >= 0.3 is 0 Å². The number of rotatable bonds is 8. The Morgan fingerprint density at radius 3 is 2.57 bits per heavy atom. The molecule has 1 amide bonds. The van der Waals surface area contributed by atoms with Crippen molar-refractivity contribution in [3.63, 3.8) is 0 Å². The fourth-order valence-corrected chi connectivity index (χ4v) is 7.02. The third-order valence-electron chi connectivity index (χ3n) is 4.76. The molecule has 2 aromatic heterocycles. The fraction of sp³-hybridized carbons (Fsp3) is 0.348. The first-order valence-electron chi connectivity index (χ1n) is 9.99. The number of hydrogen-bond acceptors (Lipinski definition) is 6. The number of thioether (sulfide) groups is 2. The van der Waals surface area contributed by atoms with Crippen LogP contribution >= 0.6 is 34.9 Å². The molecule has 30 heavy (non-hydrogen) atoms. The Morgan fingerprint density at radius 1 is 1.10 bits per heavy atom. The third-order valence-corrected chi connectivity index (χ3v) is 8.76. The number of benzene rings is 1. The minimum Gasteiger partial charge on any atom is -0.484 e. The van der Waals surface area contributed by atoms with E-state index in [2.05, 4.69) is 31.2 Å². The molecule has 0 atom stereocenters. The number of furan rings is 1. The lowest BCUT2D eigenvalue weighted by atomic mass is 10.2. The van der Waals surface area contributed by atoms with Gasteiger partial charge in [-0.1, -0.05) is 12.1 Å². The molecule has 0 bridgehead atoms. The lowest BCUT2D eigenvalue weighted by molar-refractivity contribution is -0.134. The van der Waals surface area contributed by atoms with Gasteiger partial charge in [-0.15, -0.1) is 34.9 Å². The molecule has 1 saturated heterocycles. The predicted molar refractivity (Wildman–Crippen MR) is 126 cm³/mol. The van der Waals surface area contributed by atoms with Crippen LogP contribution in [0.4, 0.5) is 0 Å². The first-order valence-corrected chi connectivity index (χ1v) is 12.9. The number of amides is 1. The Balaban J connectivity index is 1.36. The van der Waals surface area contributed by atoms with Gasteiger partial charge in [0.25, 0.3) is 5.91 Å². The molecule has 0 saturated carbocycles. The van der Waals surface area contributed by atoms with Gasteiger partial charge in [-0.2, -0.15) is 0 Å². The standard InChI is InChI=1S/C23H25NO3S3/c1-17-5-10-21(30-17)15-24(14-20-4-2-11-26-20)22(25)16-27-19-8-6-18(7-9-19)23-28-12-3-13-29-23/h2,4-11,23H,3,12-16H2,1H3. The highest BCUT2D eigenvalue weighted by molar-refractivity contribution is 8.16. The average molecular weight is 460 g/mol. The van der Waals surface area contributed by atoms with Crippen LogP contribution in [0, 0.1) is 6.92 Å². The average Bonchev–Trinajstić information content (AvgIpc) is 3.44.